The highest BCUT2D eigenvalue weighted by molar-refractivity contribution is 7.89. The second-order valence-electron chi connectivity index (χ2n) is 8.15. The van der Waals surface area contributed by atoms with Crippen LogP contribution < -0.4 is 11.1 Å². The van der Waals surface area contributed by atoms with Crippen molar-refractivity contribution in [1.82, 2.24) is 9.29 Å². The molecule has 1 aromatic heterocycles. The van der Waals surface area contributed by atoms with Crippen LogP contribution in [0.3, 0.4) is 0 Å². The van der Waals surface area contributed by atoms with Gasteiger partial charge in [-0.15, -0.1) is 11.3 Å². The molecule has 5 atom stereocenters. The van der Waals surface area contributed by atoms with E-state index in [9.17, 15) is 28.5 Å². The van der Waals surface area contributed by atoms with Crippen molar-refractivity contribution in [2.45, 2.75) is 42.5 Å². The van der Waals surface area contributed by atoms with Crippen molar-refractivity contribution < 1.29 is 61.0 Å². The van der Waals surface area contributed by atoms with E-state index < -0.39 is 63.6 Å². The smallest absolute Gasteiger partial charge is 0.394 e. The number of nitrogens with two attached hydrogens (primary N) is 1. The first-order valence-corrected chi connectivity index (χ1v) is 14.6. The number of fused-ring (bicyclic) bond motifs is 1. The summed E-state index contributed by atoms with van der Waals surface area (Å²) < 4.78 is 62.1. The maximum atomic E-state index is 12.5. The van der Waals surface area contributed by atoms with Gasteiger partial charge in [-0.2, -0.15) is 8.42 Å². The van der Waals surface area contributed by atoms with Gasteiger partial charge in [0, 0.05) is 23.7 Å². The first kappa shape index (κ1) is 33.4. The van der Waals surface area contributed by atoms with E-state index in [0.29, 0.717) is 5.13 Å². The standard InChI is InChI=1S/C14H13N3O4S2.C6H13NO5.H2O4S/c1-8-7-15-14(22-8)16-13(19)11-12(18)9-5-3-4-6-10(9)23(20,21)17(11)2;7-3-5(10)4(9)2(1-8)12-6(3)11;1-5(2,3)4/h3-7,18H,1-2H3,(H,15,16,19);2-6,8-11H,1,7H2;(H2,1,2,3,4)/t;2-,3-,4-,5-,6?;/m.1./s1. The molecule has 1 unspecified atom stereocenters. The molecule has 1 aromatic carbocycles. The Labute approximate surface area is 232 Å². The molecule has 0 bridgehead atoms. The van der Waals surface area contributed by atoms with E-state index in [1.807, 2.05) is 6.92 Å². The van der Waals surface area contributed by atoms with E-state index >= 15 is 0 Å². The van der Waals surface area contributed by atoms with E-state index in [1.165, 1.54) is 30.5 Å². The van der Waals surface area contributed by atoms with Gasteiger partial charge in [0.2, 0.25) is 0 Å². The van der Waals surface area contributed by atoms with Crippen LogP contribution in [0.25, 0.3) is 5.76 Å². The molecule has 1 saturated heterocycles. The van der Waals surface area contributed by atoms with Crippen molar-refractivity contribution in [2.75, 3.05) is 19.0 Å². The number of likely N-dealkylation sites (N-methyl/N-ethyl adjacent to an activating group) is 1. The molecule has 2 aliphatic heterocycles. The third-order valence-corrected chi connectivity index (χ3v) is 7.97. The summed E-state index contributed by atoms with van der Waals surface area (Å²) >= 11 is 1.25. The number of aryl methyl sites for hydroxylation is 1. The van der Waals surface area contributed by atoms with Crippen molar-refractivity contribution in [2.24, 2.45) is 5.73 Å². The zero-order valence-corrected chi connectivity index (χ0v) is 23.2. The van der Waals surface area contributed by atoms with Gasteiger partial charge in [0.05, 0.1) is 17.5 Å². The fraction of sp³-hybridized carbons (Fsp3) is 0.400. The lowest BCUT2D eigenvalue weighted by Gasteiger charge is -2.38. The zero-order valence-electron chi connectivity index (χ0n) is 20.8. The third-order valence-electron chi connectivity index (χ3n) is 5.33. The highest BCUT2D eigenvalue weighted by Crippen LogP contribution is 2.34. The summed E-state index contributed by atoms with van der Waals surface area (Å²) in [7, 11) is -7.34. The lowest BCUT2D eigenvalue weighted by molar-refractivity contribution is -0.248. The molecule has 0 saturated carbocycles. The predicted octanol–water partition coefficient (Wildman–Crippen LogP) is -1.96. The Bertz CT molecular complexity index is 1430. The van der Waals surface area contributed by atoms with Gasteiger partial charge in [-0.05, 0) is 19.1 Å². The number of benzene rings is 1. The number of nitrogens with one attached hydrogen (secondary N) is 1. The molecule has 20 heteroatoms. The van der Waals surface area contributed by atoms with Crippen molar-refractivity contribution in [3.05, 3.63) is 46.6 Å². The summed E-state index contributed by atoms with van der Waals surface area (Å²) in [6.45, 7) is 1.36. The molecule has 40 heavy (non-hydrogen) atoms. The Balaban J connectivity index is 0.000000275. The number of aliphatic hydroxyl groups excluding tert-OH is 5. The number of thiazole rings is 1. The van der Waals surface area contributed by atoms with Gasteiger partial charge in [-0.25, -0.2) is 13.4 Å². The number of sulfonamides is 1. The molecule has 17 nitrogen and oxygen atoms in total. The predicted molar refractivity (Wildman–Crippen MR) is 139 cm³/mol. The van der Waals surface area contributed by atoms with E-state index in [4.69, 9.17) is 38.2 Å². The number of carbonyl (C=O) groups is 1. The van der Waals surface area contributed by atoms with E-state index in [1.54, 1.807) is 18.3 Å². The summed E-state index contributed by atoms with van der Waals surface area (Å²) in [5, 5.41) is 49.3. The topological polar surface area (TPSA) is 290 Å². The van der Waals surface area contributed by atoms with Gasteiger partial charge in [0.25, 0.3) is 15.9 Å². The van der Waals surface area contributed by atoms with Gasteiger partial charge in [0.15, 0.2) is 22.9 Å². The molecule has 2 aliphatic rings. The van der Waals surface area contributed by atoms with Crippen molar-refractivity contribution in [3.8, 4) is 0 Å². The van der Waals surface area contributed by atoms with Crippen LogP contribution in [-0.4, -0.2) is 111 Å². The molecule has 1 amide bonds. The Morgan fingerprint density at radius 2 is 1.77 bits per heavy atom. The lowest BCUT2D eigenvalue weighted by atomic mass is 9.98. The molecule has 224 valence electrons. The summed E-state index contributed by atoms with van der Waals surface area (Å²) in [5.74, 6) is -1.12. The largest absolute Gasteiger partial charge is 0.505 e. The van der Waals surface area contributed by atoms with Gasteiger partial charge in [-0.1, -0.05) is 12.1 Å². The third kappa shape index (κ3) is 8.14. The van der Waals surface area contributed by atoms with E-state index in [-0.39, 0.29) is 21.9 Å². The maximum absolute atomic E-state index is 12.5. The molecule has 0 aliphatic carbocycles. The first-order valence-electron chi connectivity index (χ1n) is 10.9. The van der Waals surface area contributed by atoms with Crippen LogP contribution >= 0.6 is 11.3 Å². The molecular formula is C20H28N4O13S3. The average molecular weight is 629 g/mol. The van der Waals surface area contributed by atoms with Gasteiger partial charge < -0.3 is 36.0 Å². The number of ether oxygens (including phenoxy) is 1. The van der Waals surface area contributed by atoms with Crippen LogP contribution in [0.1, 0.15) is 10.4 Å². The second-order valence-corrected chi connectivity index (χ2v) is 12.2. The van der Waals surface area contributed by atoms with Crippen LogP contribution in [-0.2, 0) is 30.0 Å². The molecule has 4 rings (SSSR count). The van der Waals surface area contributed by atoms with E-state index in [0.717, 1.165) is 9.18 Å². The average Bonchev–Trinajstić information content (AvgIpc) is 3.27. The fourth-order valence-corrected chi connectivity index (χ4v) is 5.43. The number of hydrogen-bond donors (Lipinski definition) is 9. The first-order chi connectivity index (χ1) is 18.4. The Morgan fingerprint density at radius 3 is 2.30 bits per heavy atom. The minimum atomic E-state index is -4.67. The van der Waals surface area contributed by atoms with Crippen molar-refractivity contribution >= 4 is 48.6 Å². The molecular weight excluding hydrogens is 600 g/mol. The Kier molecular flexibility index (Phi) is 11.1. The summed E-state index contributed by atoms with van der Waals surface area (Å²) in [6, 6.07) is 4.95. The molecule has 3 heterocycles. The van der Waals surface area contributed by atoms with Crippen LogP contribution in [0, 0.1) is 6.92 Å². The number of aromatic nitrogens is 1. The molecule has 0 radical (unpaired) electrons. The highest BCUT2D eigenvalue weighted by Gasteiger charge is 2.41. The SMILES string of the molecule is Cc1cnc(NC(=O)C2=C(O)c3ccccc3S(=O)(=O)N2C)s1.N[C@H]1C(O)O[C@H](CO)[C@@H](O)[C@@H]1O.O=S(=O)(O)O. The summed E-state index contributed by atoms with van der Waals surface area (Å²) in [4.78, 5) is 17.3. The van der Waals surface area contributed by atoms with Crippen LogP contribution in [0.2, 0.25) is 0 Å². The van der Waals surface area contributed by atoms with Crippen molar-refractivity contribution in [1.29, 1.82) is 0 Å². The Hall–Kier alpha value is -2.76. The van der Waals surface area contributed by atoms with Gasteiger partial charge in [-0.3, -0.25) is 23.5 Å². The molecule has 2 aromatic rings. The number of amides is 1. The second kappa shape index (κ2) is 13.3. The summed E-state index contributed by atoms with van der Waals surface area (Å²) in [6.07, 6.45) is -3.26. The van der Waals surface area contributed by atoms with Crippen LogP contribution in [0.4, 0.5) is 5.13 Å². The number of hydrogen-bond acceptors (Lipinski definition) is 14. The van der Waals surface area contributed by atoms with Crippen LogP contribution in [0.15, 0.2) is 41.1 Å². The Morgan fingerprint density at radius 1 is 1.20 bits per heavy atom. The minimum absolute atomic E-state index is 0.0401. The van der Waals surface area contributed by atoms with Crippen LogP contribution in [0.5, 0.6) is 0 Å². The number of rotatable bonds is 3. The van der Waals surface area contributed by atoms with Crippen molar-refractivity contribution in [3.63, 3.8) is 0 Å². The number of anilines is 1. The minimum Gasteiger partial charge on any atom is -0.505 e. The molecule has 10 N–H and O–H groups in total. The lowest BCUT2D eigenvalue weighted by Crippen LogP contribution is -2.61. The number of nitrogens with zero attached hydrogens (tertiary/aromatic N) is 2. The van der Waals surface area contributed by atoms with Gasteiger partial charge >= 0.3 is 10.4 Å². The number of aliphatic hydroxyl groups is 5. The van der Waals surface area contributed by atoms with Gasteiger partial charge in [0.1, 0.15) is 18.3 Å². The maximum Gasteiger partial charge on any atom is 0.394 e. The van der Waals surface area contributed by atoms with E-state index in [2.05, 4.69) is 10.3 Å². The molecule has 1 fully saturated rings. The summed E-state index contributed by atoms with van der Waals surface area (Å²) in [5.41, 5.74) is 5.03. The highest BCUT2D eigenvalue weighted by atomic mass is 32.3. The number of carbonyl (C=O) groups excluding carboxylic acids is 1. The monoisotopic (exact) mass is 628 g/mol. The zero-order chi connectivity index (χ0) is 30.6. The quantitative estimate of drug-likeness (QED) is 0.167. The normalized spacial score (nSPS) is 25.5. The fourth-order valence-electron chi connectivity index (χ4n) is 3.37. The molecule has 0 spiro atoms.